The standard InChI is InChI=1S/C11H13F3N2OS/c1-18-5-4-16-10(17)7-2-3-9(15)8(6-7)11(12,13)14/h2-3,6H,4-5,15H2,1H3,(H,16,17). The number of nitrogen functional groups attached to an aromatic ring is 1. The van der Waals surface area contributed by atoms with Crippen molar-refractivity contribution in [3.8, 4) is 0 Å². The molecule has 0 aromatic heterocycles. The molecule has 7 heteroatoms. The van der Waals surface area contributed by atoms with Crippen molar-refractivity contribution >= 4 is 23.4 Å². The van der Waals surface area contributed by atoms with Gasteiger partial charge in [0, 0.05) is 23.5 Å². The van der Waals surface area contributed by atoms with Crippen LogP contribution >= 0.6 is 11.8 Å². The van der Waals surface area contributed by atoms with Crippen LogP contribution in [0.25, 0.3) is 0 Å². The molecule has 3 N–H and O–H groups in total. The Morgan fingerprint density at radius 3 is 2.67 bits per heavy atom. The molecule has 18 heavy (non-hydrogen) atoms. The number of carbonyl (C=O) groups is 1. The topological polar surface area (TPSA) is 55.1 Å². The molecule has 0 atom stereocenters. The molecule has 0 fully saturated rings. The van der Waals surface area contributed by atoms with E-state index in [1.165, 1.54) is 17.8 Å². The normalized spacial score (nSPS) is 11.3. The molecule has 100 valence electrons. The Morgan fingerprint density at radius 1 is 1.44 bits per heavy atom. The Morgan fingerprint density at radius 2 is 2.11 bits per heavy atom. The predicted molar refractivity (Wildman–Crippen MR) is 66.6 cm³/mol. The number of hydrogen-bond donors (Lipinski definition) is 2. The second kappa shape index (κ2) is 5.99. The zero-order chi connectivity index (χ0) is 13.8. The summed E-state index contributed by atoms with van der Waals surface area (Å²) in [4.78, 5) is 11.6. The lowest BCUT2D eigenvalue weighted by Crippen LogP contribution is -2.26. The van der Waals surface area contributed by atoms with Gasteiger partial charge in [-0.3, -0.25) is 4.79 Å². The summed E-state index contributed by atoms with van der Waals surface area (Å²) in [6.45, 7) is 0.408. The van der Waals surface area contributed by atoms with E-state index in [2.05, 4.69) is 5.32 Å². The highest BCUT2D eigenvalue weighted by Gasteiger charge is 2.33. The molecule has 0 aliphatic rings. The van der Waals surface area contributed by atoms with Gasteiger partial charge in [-0.1, -0.05) is 0 Å². The fourth-order valence-corrected chi connectivity index (χ4v) is 1.62. The number of thioether (sulfide) groups is 1. The number of rotatable bonds is 4. The minimum Gasteiger partial charge on any atom is -0.398 e. The van der Waals surface area contributed by atoms with Gasteiger partial charge in [-0.15, -0.1) is 0 Å². The minimum absolute atomic E-state index is 0.0439. The third-order valence-electron chi connectivity index (χ3n) is 2.21. The highest BCUT2D eigenvalue weighted by molar-refractivity contribution is 7.98. The van der Waals surface area contributed by atoms with Crippen LogP contribution in [-0.4, -0.2) is 24.5 Å². The number of nitrogens with two attached hydrogens (primary N) is 1. The number of hydrogen-bond acceptors (Lipinski definition) is 3. The number of anilines is 1. The summed E-state index contributed by atoms with van der Waals surface area (Å²) in [6.07, 6.45) is -2.68. The summed E-state index contributed by atoms with van der Waals surface area (Å²) in [5.41, 5.74) is 3.83. The van der Waals surface area contributed by atoms with E-state index in [1.807, 2.05) is 6.26 Å². The van der Waals surface area contributed by atoms with Gasteiger partial charge in [0.2, 0.25) is 0 Å². The van der Waals surface area contributed by atoms with Crippen molar-refractivity contribution in [3.63, 3.8) is 0 Å². The molecule has 1 rings (SSSR count). The fraction of sp³-hybridized carbons (Fsp3) is 0.364. The molecule has 0 saturated carbocycles. The number of alkyl halides is 3. The van der Waals surface area contributed by atoms with E-state index in [1.54, 1.807) is 0 Å². The van der Waals surface area contributed by atoms with Gasteiger partial charge < -0.3 is 11.1 Å². The lowest BCUT2D eigenvalue weighted by Gasteiger charge is -2.11. The molecule has 0 aliphatic heterocycles. The molecule has 1 aromatic carbocycles. The average Bonchev–Trinajstić information content (AvgIpc) is 2.28. The average molecular weight is 278 g/mol. The molecular formula is C11H13F3N2OS. The first-order valence-corrected chi connectivity index (χ1v) is 6.49. The van der Waals surface area contributed by atoms with E-state index in [4.69, 9.17) is 5.73 Å². The molecule has 1 aromatic rings. The zero-order valence-corrected chi connectivity index (χ0v) is 10.5. The smallest absolute Gasteiger partial charge is 0.398 e. The van der Waals surface area contributed by atoms with Crippen molar-refractivity contribution in [2.24, 2.45) is 0 Å². The van der Waals surface area contributed by atoms with E-state index in [9.17, 15) is 18.0 Å². The van der Waals surface area contributed by atoms with Crippen molar-refractivity contribution in [1.29, 1.82) is 0 Å². The number of benzene rings is 1. The van der Waals surface area contributed by atoms with Crippen LogP contribution in [0.15, 0.2) is 18.2 Å². The molecule has 0 heterocycles. The number of carbonyl (C=O) groups excluding carboxylic acids is 1. The van der Waals surface area contributed by atoms with Gasteiger partial charge in [0.25, 0.3) is 5.91 Å². The first-order chi connectivity index (χ1) is 8.36. The Labute approximate surface area is 107 Å². The minimum atomic E-state index is -4.56. The summed E-state index contributed by atoms with van der Waals surface area (Å²) in [6, 6.07) is 3.13. The lowest BCUT2D eigenvalue weighted by molar-refractivity contribution is -0.136. The molecule has 0 saturated heterocycles. The van der Waals surface area contributed by atoms with E-state index in [-0.39, 0.29) is 11.3 Å². The summed E-state index contributed by atoms with van der Waals surface area (Å²) in [5.74, 6) is 0.168. The Hall–Kier alpha value is -1.37. The van der Waals surface area contributed by atoms with E-state index in [0.29, 0.717) is 12.3 Å². The zero-order valence-electron chi connectivity index (χ0n) is 9.67. The van der Waals surface area contributed by atoms with Gasteiger partial charge >= 0.3 is 6.18 Å². The summed E-state index contributed by atoms with van der Waals surface area (Å²) in [7, 11) is 0. The van der Waals surface area contributed by atoms with E-state index in [0.717, 1.165) is 12.1 Å². The maximum Gasteiger partial charge on any atom is 0.418 e. The first kappa shape index (κ1) is 14.7. The predicted octanol–water partition coefficient (Wildman–Crippen LogP) is 2.38. The Balaban J connectivity index is 2.88. The number of amides is 1. The lowest BCUT2D eigenvalue weighted by atomic mass is 10.1. The van der Waals surface area contributed by atoms with Gasteiger partial charge in [-0.05, 0) is 24.5 Å². The van der Waals surface area contributed by atoms with E-state index >= 15 is 0 Å². The molecule has 0 bridgehead atoms. The van der Waals surface area contributed by atoms with Crippen molar-refractivity contribution < 1.29 is 18.0 Å². The van der Waals surface area contributed by atoms with Crippen LogP contribution in [0.1, 0.15) is 15.9 Å². The van der Waals surface area contributed by atoms with Crippen molar-refractivity contribution in [2.45, 2.75) is 6.18 Å². The van der Waals surface area contributed by atoms with E-state index < -0.39 is 17.6 Å². The van der Waals surface area contributed by atoms with Gasteiger partial charge in [0.1, 0.15) is 0 Å². The van der Waals surface area contributed by atoms with Crippen LogP contribution in [0.5, 0.6) is 0 Å². The summed E-state index contributed by atoms with van der Waals surface area (Å²) < 4.78 is 37.8. The molecule has 0 aliphatic carbocycles. The Kier molecular flexibility index (Phi) is 4.89. The second-order valence-electron chi connectivity index (χ2n) is 3.55. The molecule has 3 nitrogen and oxygen atoms in total. The monoisotopic (exact) mass is 278 g/mol. The molecule has 1 amide bonds. The summed E-state index contributed by atoms with van der Waals surface area (Å²) >= 11 is 1.53. The SMILES string of the molecule is CSCCNC(=O)c1ccc(N)c(C(F)(F)F)c1. The highest BCUT2D eigenvalue weighted by atomic mass is 32.2. The third-order valence-corrected chi connectivity index (χ3v) is 2.82. The van der Waals surface area contributed by atoms with Crippen LogP contribution in [0, 0.1) is 0 Å². The van der Waals surface area contributed by atoms with Crippen LogP contribution < -0.4 is 11.1 Å². The van der Waals surface area contributed by atoms with Gasteiger partial charge in [0.15, 0.2) is 0 Å². The number of halogens is 3. The molecule has 0 spiro atoms. The van der Waals surface area contributed by atoms with Gasteiger partial charge in [-0.25, -0.2) is 0 Å². The summed E-state index contributed by atoms with van der Waals surface area (Å²) in [5, 5.41) is 2.53. The van der Waals surface area contributed by atoms with Crippen LogP contribution in [0.4, 0.5) is 18.9 Å². The van der Waals surface area contributed by atoms with Crippen molar-refractivity contribution in [2.75, 3.05) is 24.3 Å². The maximum atomic E-state index is 12.6. The van der Waals surface area contributed by atoms with Gasteiger partial charge in [0.05, 0.1) is 5.56 Å². The molecular weight excluding hydrogens is 265 g/mol. The van der Waals surface area contributed by atoms with Crippen LogP contribution in [0.3, 0.4) is 0 Å². The fourth-order valence-electron chi connectivity index (χ4n) is 1.31. The molecule has 0 unspecified atom stereocenters. The second-order valence-corrected chi connectivity index (χ2v) is 4.53. The molecule has 0 radical (unpaired) electrons. The quantitative estimate of drug-likeness (QED) is 0.657. The van der Waals surface area contributed by atoms with Crippen LogP contribution in [0.2, 0.25) is 0 Å². The first-order valence-electron chi connectivity index (χ1n) is 5.10. The van der Waals surface area contributed by atoms with Crippen molar-refractivity contribution in [3.05, 3.63) is 29.3 Å². The Bertz CT molecular complexity index is 435. The van der Waals surface area contributed by atoms with Crippen LogP contribution in [-0.2, 0) is 6.18 Å². The largest absolute Gasteiger partial charge is 0.418 e. The highest BCUT2D eigenvalue weighted by Crippen LogP contribution is 2.33. The third kappa shape index (κ3) is 3.83. The van der Waals surface area contributed by atoms with Gasteiger partial charge in [-0.2, -0.15) is 24.9 Å². The maximum absolute atomic E-state index is 12.6. The van der Waals surface area contributed by atoms with Crippen molar-refractivity contribution in [1.82, 2.24) is 5.32 Å². The number of nitrogens with one attached hydrogen (secondary N) is 1.